The van der Waals surface area contributed by atoms with Crippen molar-refractivity contribution in [3.05, 3.63) is 59.7 Å². The Morgan fingerprint density at radius 3 is 2.07 bits per heavy atom. The highest BCUT2D eigenvalue weighted by atomic mass is 16.3. The third-order valence-corrected chi connectivity index (χ3v) is 8.03. The van der Waals surface area contributed by atoms with Crippen molar-refractivity contribution in [1.82, 2.24) is 21.3 Å². The number of Topliss-reactive ketones (excluding diaryl/α,β-unsaturated/α-hetero) is 1. The second kappa shape index (κ2) is 11.4. The van der Waals surface area contributed by atoms with Crippen LogP contribution >= 0.6 is 0 Å². The van der Waals surface area contributed by atoms with Crippen LogP contribution in [0.4, 0.5) is 0 Å². The fourth-order valence-electron chi connectivity index (χ4n) is 5.72. The lowest BCUT2D eigenvalue weighted by Gasteiger charge is -2.29. The first kappa shape index (κ1) is 28.5. The summed E-state index contributed by atoms with van der Waals surface area (Å²) in [6.07, 6.45) is 2.26. The maximum absolute atomic E-state index is 13.8. The smallest absolute Gasteiger partial charge is 0.289 e. The van der Waals surface area contributed by atoms with Gasteiger partial charge in [0.1, 0.15) is 6.04 Å². The lowest BCUT2D eigenvalue weighted by Crippen LogP contribution is -2.57. The molecule has 5 rings (SSSR count). The van der Waals surface area contributed by atoms with Crippen LogP contribution in [0.3, 0.4) is 0 Å². The quantitative estimate of drug-likeness (QED) is 0.261. The number of benzene rings is 2. The summed E-state index contributed by atoms with van der Waals surface area (Å²) in [5.41, 5.74) is 0.267. The molecule has 0 bridgehead atoms. The molecule has 2 aromatic rings. The highest BCUT2D eigenvalue weighted by Crippen LogP contribution is 2.47. The molecule has 10 heteroatoms. The van der Waals surface area contributed by atoms with Crippen LogP contribution in [0.1, 0.15) is 57.1 Å². The molecule has 2 aromatic carbocycles. The molecule has 3 aliphatic rings. The summed E-state index contributed by atoms with van der Waals surface area (Å²) in [5.74, 6) is -3.83. The second-order valence-electron chi connectivity index (χ2n) is 11.6. The van der Waals surface area contributed by atoms with Gasteiger partial charge in [0.2, 0.25) is 17.6 Å². The summed E-state index contributed by atoms with van der Waals surface area (Å²) in [6, 6.07) is 11.8. The van der Waals surface area contributed by atoms with Gasteiger partial charge < -0.3 is 26.4 Å². The number of rotatable bonds is 11. The highest BCUT2D eigenvalue weighted by molar-refractivity contribution is 6.38. The molecule has 1 saturated carbocycles. The summed E-state index contributed by atoms with van der Waals surface area (Å²) in [7, 11) is 0. The Balaban J connectivity index is 1.38. The van der Waals surface area contributed by atoms with Gasteiger partial charge in [-0.25, -0.2) is 0 Å². The average Bonchev–Trinajstić information content (AvgIpc) is 3.62. The van der Waals surface area contributed by atoms with Gasteiger partial charge in [-0.1, -0.05) is 62.4 Å². The van der Waals surface area contributed by atoms with Gasteiger partial charge in [0.05, 0.1) is 6.04 Å². The van der Waals surface area contributed by atoms with E-state index >= 15 is 0 Å². The van der Waals surface area contributed by atoms with Crippen molar-refractivity contribution < 1.29 is 29.1 Å². The minimum absolute atomic E-state index is 0.0263. The molecule has 0 radical (unpaired) electrons. The van der Waals surface area contributed by atoms with Crippen LogP contribution < -0.4 is 21.3 Å². The zero-order valence-electron chi connectivity index (χ0n) is 23.2. The molecule has 216 valence electrons. The van der Waals surface area contributed by atoms with Gasteiger partial charge in [0, 0.05) is 29.6 Å². The van der Waals surface area contributed by atoms with E-state index in [2.05, 4.69) is 21.3 Å². The second-order valence-corrected chi connectivity index (χ2v) is 11.6. The van der Waals surface area contributed by atoms with E-state index in [-0.39, 0.29) is 30.7 Å². The number of hydrogen-bond acceptors (Lipinski definition) is 6. The monoisotopic (exact) mass is 560 g/mol. The molecule has 0 spiro atoms. The van der Waals surface area contributed by atoms with Crippen LogP contribution in [0.2, 0.25) is 0 Å². The maximum atomic E-state index is 13.8. The van der Waals surface area contributed by atoms with Gasteiger partial charge in [0.15, 0.2) is 5.60 Å². The summed E-state index contributed by atoms with van der Waals surface area (Å²) < 4.78 is 0. The number of nitrogens with one attached hydrogen (secondary N) is 4. The fraction of sp³-hybridized carbons (Fsp3) is 0.452. The molecule has 5 N–H and O–H groups in total. The van der Waals surface area contributed by atoms with Crippen molar-refractivity contribution >= 4 is 29.4 Å². The Morgan fingerprint density at radius 1 is 0.927 bits per heavy atom. The summed E-state index contributed by atoms with van der Waals surface area (Å²) >= 11 is 0. The van der Waals surface area contributed by atoms with Gasteiger partial charge in [-0.05, 0) is 49.1 Å². The summed E-state index contributed by atoms with van der Waals surface area (Å²) in [6.45, 7) is 4.23. The fourth-order valence-corrected chi connectivity index (χ4v) is 5.72. The molecule has 1 saturated heterocycles. The zero-order valence-corrected chi connectivity index (χ0v) is 23.2. The van der Waals surface area contributed by atoms with Crippen LogP contribution in [-0.2, 0) is 29.6 Å². The van der Waals surface area contributed by atoms with E-state index in [4.69, 9.17) is 0 Å². The number of hydrogen-bond donors (Lipinski definition) is 5. The van der Waals surface area contributed by atoms with E-state index in [1.807, 2.05) is 38.1 Å². The third kappa shape index (κ3) is 5.74. The van der Waals surface area contributed by atoms with E-state index in [0.29, 0.717) is 24.1 Å². The standard InChI is InChI=1S/C31H36N4O6/c1-17(2)15-25(35-30(40)31(41)22-9-5-3-7-20(22)21-8-4-6-10-23(21)31)28(38)34-24(16-18-13-14-32-27(18)37)26(36)29(39)33-19-11-12-19/h3-10,17-19,24-25,41H,11-16H2,1-2H3,(H,32,37)(H,33,39)(H,34,38)(H,35,40)/t18-,24-,25+/m1/s1. The molecule has 1 aliphatic heterocycles. The molecule has 3 atom stereocenters. The van der Waals surface area contributed by atoms with Crippen molar-refractivity contribution in [3.63, 3.8) is 0 Å². The van der Waals surface area contributed by atoms with Gasteiger partial charge in [-0.3, -0.25) is 24.0 Å². The van der Waals surface area contributed by atoms with Gasteiger partial charge in [-0.15, -0.1) is 0 Å². The van der Waals surface area contributed by atoms with E-state index < -0.39 is 47.1 Å². The number of carbonyl (C=O) groups is 5. The Morgan fingerprint density at radius 2 is 1.54 bits per heavy atom. The Kier molecular flexibility index (Phi) is 7.95. The van der Waals surface area contributed by atoms with Gasteiger partial charge >= 0.3 is 0 Å². The SMILES string of the molecule is CC(C)C[C@H](NC(=O)C1(O)c2ccccc2-c2ccccc21)C(=O)N[C@H](C[C@H]1CCNC1=O)C(=O)C(=O)NC1CC1. The third-order valence-electron chi connectivity index (χ3n) is 8.03. The number of fused-ring (bicyclic) bond motifs is 3. The highest BCUT2D eigenvalue weighted by Gasteiger charge is 2.48. The predicted molar refractivity (Wildman–Crippen MR) is 150 cm³/mol. The first-order valence-electron chi connectivity index (χ1n) is 14.2. The van der Waals surface area contributed by atoms with Crippen molar-refractivity contribution in [2.45, 2.75) is 69.7 Å². The maximum Gasteiger partial charge on any atom is 0.289 e. The molecular weight excluding hydrogens is 524 g/mol. The lowest BCUT2D eigenvalue weighted by molar-refractivity contribution is -0.142. The largest absolute Gasteiger partial charge is 0.372 e. The number of ketones is 1. The average molecular weight is 561 g/mol. The summed E-state index contributed by atoms with van der Waals surface area (Å²) in [5, 5.41) is 22.7. The Labute approximate surface area is 238 Å². The normalized spacial score (nSPS) is 19.9. The molecule has 1 heterocycles. The summed E-state index contributed by atoms with van der Waals surface area (Å²) in [4.78, 5) is 65.5. The van der Waals surface area contributed by atoms with Crippen LogP contribution in [0.5, 0.6) is 0 Å². The molecule has 41 heavy (non-hydrogen) atoms. The van der Waals surface area contributed by atoms with Crippen molar-refractivity contribution in [1.29, 1.82) is 0 Å². The molecule has 2 aliphatic carbocycles. The van der Waals surface area contributed by atoms with E-state index in [9.17, 15) is 29.1 Å². The predicted octanol–water partition coefficient (Wildman–Crippen LogP) is 1.29. The molecule has 0 aromatic heterocycles. The van der Waals surface area contributed by atoms with Crippen LogP contribution in [0, 0.1) is 11.8 Å². The van der Waals surface area contributed by atoms with Crippen LogP contribution in [0.25, 0.3) is 11.1 Å². The number of aliphatic hydroxyl groups is 1. The number of carbonyl (C=O) groups excluding carboxylic acids is 5. The first-order chi connectivity index (χ1) is 19.6. The van der Waals surface area contributed by atoms with Crippen LogP contribution in [0.15, 0.2) is 48.5 Å². The Hall–Kier alpha value is -4.05. The first-order valence-corrected chi connectivity index (χ1v) is 14.2. The Bertz CT molecular complexity index is 1340. The molecule has 0 unspecified atom stereocenters. The van der Waals surface area contributed by atoms with Crippen molar-refractivity contribution in [2.24, 2.45) is 11.8 Å². The lowest BCUT2D eigenvalue weighted by atomic mass is 9.89. The molecule has 10 nitrogen and oxygen atoms in total. The van der Waals surface area contributed by atoms with Gasteiger partial charge in [0.25, 0.3) is 11.8 Å². The van der Waals surface area contributed by atoms with E-state index in [1.165, 1.54) is 0 Å². The van der Waals surface area contributed by atoms with Crippen LogP contribution in [-0.4, -0.2) is 59.2 Å². The van der Waals surface area contributed by atoms with Gasteiger partial charge in [-0.2, -0.15) is 0 Å². The zero-order chi connectivity index (χ0) is 29.3. The minimum atomic E-state index is -2.02. The van der Waals surface area contributed by atoms with Crippen molar-refractivity contribution in [2.75, 3.05) is 6.54 Å². The topological polar surface area (TPSA) is 154 Å². The molecule has 4 amide bonds. The minimum Gasteiger partial charge on any atom is -0.372 e. The van der Waals surface area contributed by atoms with E-state index in [0.717, 1.165) is 24.0 Å². The molecule has 2 fully saturated rings. The van der Waals surface area contributed by atoms with E-state index in [1.54, 1.807) is 24.3 Å². The molecular formula is C31H36N4O6. The van der Waals surface area contributed by atoms with Crippen molar-refractivity contribution in [3.8, 4) is 11.1 Å². The number of amides is 4.